The summed E-state index contributed by atoms with van der Waals surface area (Å²) in [5.74, 6) is 1.20. The van der Waals surface area contributed by atoms with Crippen molar-refractivity contribution >= 4 is 5.91 Å². The van der Waals surface area contributed by atoms with E-state index in [-0.39, 0.29) is 31.2 Å². The molecule has 162 valence electrons. The number of carbonyl (C=O) groups excluding carboxylic acids is 1. The smallest absolute Gasteiger partial charge is 0.266 e. The van der Waals surface area contributed by atoms with Gasteiger partial charge in [0.1, 0.15) is 11.5 Å². The summed E-state index contributed by atoms with van der Waals surface area (Å²) < 4.78 is 12.2. The highest BCUT2D eigenvalue weighted by Gasteiger charge is 2.08. The maximum Gasteiger partial charge on any atom is 0.266 e. The van der Waals surface area contributed by atoms with Crippen LogP contribution < -0.4 is 20.3 Å². The number of benzene rings is 2. The maximum atomic E-state index is 12.2. The van der Waals surface area contributed by atoms with Gasteiger partial charge in [0.15, 0.2) is 6.61 Å². The summed E-state index contributed by atoms with van der Waals surface area (Å²) in [7, 11) is 1.61. The second-order valence-electron chi connectivity index (χ2n) is 7.35. The van der Waals surface area contributed by atoms with Gasteiger partial charge in [-0.3, -0.25) is 9.59 Å². The lowest BCUT2D eigenvalue weighted by atomic mass is 10.1. The molecule has 0 unspecified atom stereocenters. The topological polar surface area (TPSA) is 82.5 Å². The molecule has 1 amide bonds. The molecule has 3 rings (SSSR count). The zero-order valence-corrected chi connectivity index (χ0v) is 18.3. The van der Waals surface area contributed by atoms with E-state index < -0.39 is 0 Å². The van der Waals surface area contributed by atoms with Crippen LogP contribution in [-0.4, -0.2) is 35.9 Å². The van der Waals surface area contributed by atoms with Crippen molar-refractivity contribution in [2.24, 2.45) is 0 Å². The summed E-state index contributed by atoms with van der Waals surface area (Å²) in [6.45, 7) is 6.42. The van der Waals surface area contributed by atoms with Crippen molar-refractivity contribution in [2.75, 3.05) is 20.3 Å². The molecule has 0 bridgehead atoms. The molecule has 0 fully saturated rings. The Labute approximate surface area is 181 Å². The molecule has 0 spiro atoms. The molecule has 31 heavy (non-hydrogen) atoms. The quantitative estimate of drug-likeness (QED) is 0.605. The van der Waals surface area contributed by atoms with Crippen molar-refractivity contribution in [3.05, 3.63) is 75.6 Å². The monoisotopic (exact) mass is 421 g/mol. The highest BCUT2D eigenvalue weighted by Crippen LogP contribution is 2.23. The third-order valence-corrected chi connectivity index (χ3v) is 5.02. The van der Waals surface area contributed by atoms with E-state index in [1.807, 2.05) is 51.1 Å². The molecule has 7 nitrogen and oxygen atoms in total. The molecule has 2 aromatic carbocycles. The van der Waals surface area contributed by atoms with Gasteiger partial charge in [-0.1, -0.05) is 6.07 Å². The van der Waals surface area contributed by atoms with Crippen molar-refractivity contribution in [3.8, 4) is 22.8 Å². The molecular formula is C24H27N3O4. The number of ether oxygens (including phenoxy) is 2. The van der Waals surface area contributed by atoms with Crippen molar-refractivity contribution in [2.45, 2.75) is 27.3 Å². The normalized spacial score (nSPS) is 10.6. The van der Waals surface area contributed by atoms with E-state index in [1.165, 1.54) is 10.7 Å². The number of carbonyl (C=O) groups is 1. The number of hydrogen-bond donors (Lipinski definition) is 1. The van der Waals surface area contributed by atoms with Gasteiger partial charge in [0, 0.05) is 18.2 Å². The second-order valence-corrected chi connectivity index (χ2v) is 7.35. The SMILES string of the molecule is COc1ccc(-c2ccc(=O)n(CCNC(=O)COc3cc(C)cc(C)c3C)n2)cc1. The van der Waals surface area contributed by atoms with Crippen LogP contribution >= 0.6 is 0 Å². The van der Waals surface area contributed by atoms with E-state index in [4.69, 9.17) is 9.47 Å². The summed E-state index contributed by atoms with van der Waals surface area (Å²) in [5.41, 5.74) is 4.54. The van der Waals surface area contributed by atoms with Crippen LogP contribution in [0.2, 0.25) is 0 Å². The van der Waals surface area contributed by atoms with Crippen LogP contribution in [-0.2, 0) is 11.3 Å². The number of rotatable bonds is 8. The fourth-order valence-electron chi connectivity index (χ4n) is 3.17. The Morgan fingerprint density at radius 3 is 2.52 bits per heavy atom. The van der Waals surface area contributed by atoms with Crippen LogP contribution in [0.15, 0.2) is 53.3 Å². The molecule has 0 radical (unpaired) electrons. The van der Waals surface area contributed by atoms with Crippen molar-refractivity contribution < 1.29 is 14.3 Å². The maximum absolute atomic E-state index is 12.2. The van der Waals surface area contributed by atoms with Gasteiger partial charge in [-0.25, -0.2) is 4.68 Å². The van der Waals surface area contributed by atoms with Crippen molar-refractivity contribution in [3.63, 3.8) is 0 Å². The highest BCUT2D eigenvalue weighted by atomic mass is 16.5. The number of amides is 1. The lowest BCUT2D eigenvalue weighted by Gasteiger charge is -2.13. The van der Waals surface area contributed by atoms with Gasteiger partial charge >= 0.3 is 0 Å². The minimum atomic E-state index is -0.252. The molecule has 0 atom stereocenters. The average molecular weight is 421 g/mol. The molecular weight excluding hydrogens is 394 g/mol. The van der Waals surface area contributed by atoms with E-state index in [2.05, 4.69) is 16.5 Å². The minimum Gasteiger partial charge on any atom is -0.497 e. The van der Waals surface area contributed by atoms with Crippen LogP contribution in [0.4, 0.5) is 0 Å². The van der Waals surface area contributed by atoms with E-state index in [0.29, 0.717) is 11.4 Å². The predicted octanol–water partition coefficient (Wildman–Crippen LogP) is 3.04. The van der Waals surface area contributed by atoms with Gasteiger partial charge in [-0.05, 0) is 73.9 Å². The van der Waals surface area contributed by atoms with Crippen LogP contribution in [0.3, 0.4) is 0 Å². The van der Waals surface area contributed by atoms with Gasteiger partial charge in [0.25, 0.3) is 11.5 Å². The van der Waals surface area contributed by atoms with Gasteiger partial charge in [-0.2, -0.15) is 5.10 Å². The Bertz CT molecular complexity index is 1120. The molecule has 0 aliphatic carbocycles. The standard InChI is InChI=1S/C24H27N3O4/c1-16-13-17(2)18(3)22(14-16)31-15-23(28)25-11-12-27-24(29)10-9-21(26-27)19-5-7-20(30-4)8-6-19/h5-10,13-14H,11-12,15H2,1-4H3,(H,25,28). The van der Waals surface area contributed by atoms with E-state index in [1.54, 1.807) is 13.2 Å². The van der Waals surface area contributed by atoms with E-state index in [9.17, 15) is 9.59 Å². The molecule has 0 saturated heterocycles. The first-order chi connectivity index (χ1) is 14.9. The molecule has 1 heterocycles. The van der Waals surface area contributed by atoms with Crippen LogP contribution in [0, 0.1) is 20.8 Å². The van der Waals surface area contributed by atoms with Gasteiger partial charge in [-0.15, -0.1) is 0 Å². The van der Waals surface area contributed by atoms with Crippen LogP contribution in [0.1, 0.15) is 16.7 Å². The summed E-state index contributed by atoms with van der Waals surface area (Å²) in [6, 6.07) is 14.6. The fourth-order valence-corrected chi connectivity index (χ4v) is 3.17. The Balaban J connectivity index is 1.56. The first-order valence-electron chi connectivity index (χ1n) is 10.1. The fraction of sp³-hybridized carbons (Fsp3) is 0.292. The van der Waals surface area contributed by atoms with Crippen molar-refractivity contribution in [1.82, 2.24) is 15.1 Å². The largest absolute Gasteiger partial charge is 0.497 e. The van der Waals surface area contributed by atoms with E-state index in [0.717, 1.165) is 28.0 Å². The second kappa shape index (κ2) is 9.93. The Kier molecular flexibility index (Phi) is 7.07. The number of hydrogen-bond acceptors (Lipinski definition) is 5. The van der Waals surface area contributed by atoms with Crippen LogP contribution in [0.25, 0.3) is 11.3 Å². The summed E-state index contributed by atoms with van der Waals surface area (Å²) in [6.07, 6.45) is 0. The minimum absolute atomic E-state index is 0.0854. The third-order valence-electron chi connectivity index (χ3n) is 5.02. The summed E-state index contributed by atoms with van der Waals surface area (Å²) in [5, 5.41) is 7.17. The number of aromatic nitrogens is 2. The molecule has 7 heteroatoms. The number of methoxy groups -OCH3 is 1. The average Bonchev–Trinajstić information content (AvgIpc) is 2.76. The lowest BCUT2D eigenvalue weighted by molar-refractivity contribution is -0.123. The summed E-state index contributed by atoms with van der Waals surface area (Å²) in [4.78, 5) is 24.3. The Morgan fingerprint density at radius 1 is 1.06 bits per heavy atom. The van der Waals surface area contributed by atoms with Crippen molar-refractivity contribution in [1.29, 1.82) is 0 Å². The zero-order valence-electron chi connectivity index (χ0n) is 18.3. The van der Waals surface area contributed by atoms with Gasteiger partial charge in [0.05, 0.1) is 19.3 Å². The first kappa shape index (κ1) is 22.1. The third kappa shape index (κ3) is 5.72. The molecule has 1 N–H and O–H groups in total. The molecule has 0 aliphatic rings. The van der Waals surface area contributed by atoms with E-state index >= 15 is 0 Å². The number of nitrogens with one attached hydrogen (secondary N) is 1. The summed E-state index contributed by atoms with van der Waals surface area (Å²) >= 11 is 0. The Hall–Kier alpha value is -3.61. The van der Waals surface area contributed by atoms with Gasteiger partial charge < -0.3 is 14.8 Å². The van der Waals surface area contributed by atoms with Crippen LogP contribution in [0.5, 0.6) is 11.5 Å². The predicted molar refractivity (Wildman–Crippen MR) is 120 cm³/mol. The molecule has 3 aromatic rings. The van der Waals surface area contributed by atoms with Gasteiger partial charge in [0.2, 0.25) is 0 Å². The first-order valence-corrected chi connectivity index (χ1v) is 10.1. The highest BCUT2D eigenvalue weighted by molar-refractivity contribution is 5.77. The molecule has 1 aromatic heterocycles. The number of nitrogens with zero attached hydrogens (tertiary/aromatic N) is 2. The number of aryl methyl sites for hydroxylation is 2. The molecule has 0 saturated carbocycles. The zero-order chi connectivity index (χ0) is 22.4. The molecule has 0 aliphatic heterocycles. The lowest BCUT2D eigenvalue weighted by Crippen LogP contribution is -2.34. The Morgan fingerprint density at radius 2 is 1.81 bits per heavy atom.